The number of likely N-dealkylation sites (tertiary alicyclic amines) is 1. The lowest BCUT2D eigenvalue weighted by molar-refractivity contribution is -0.129. The van der Waals surface area contributed by atoms with Crippen molar-refractivity contribution in [2.75, 3.05) is 13.1 Å². The van der Waals surface area contributed by atoms with Crippen molar-refractivity contribution < 1.29 is 4.79 Å². The third-order valence-corrected chi connectivity index (χ3v) is 6.58. The van der Waals surface area contributed by atoms with E-state index in [4.69, 9.17) is 0 Å². The van der Waals surface area contributed by atoms with E-state index >= 15 is 0 Å². The van der Waals surface area contributed by atoms with Gasteiger partial charge in [0.05, 0.1) is 5.25 Å². The molecule has 27 heavy (non-hydrogen) atoms. The minimum absolute atomic E-state index is 0.177. The van der Waals surface area contributed by atoms with Gasteiger partial charge in [-0.3, -0.25) is 9.36 Å². The molecule has 0 N–H and O–H groups in total. The fourth-order valence-electron chi connectivity index (χ4n) is 3.30. The van der Waals surface area contributed by atoms with Crippen LogP contribution < -0.4 is 0 Å². The summed E-state index contributed by atoms with van der Waals surface area (Å²) in [6.07, 6.45) is 2.94. The number of amides is 1. The van der Waals surface area contributed by atoms with Crippen LogP contribution in [0.2, 0.25) is 0 Å². The van der Waals surface area contributed by atoms with Crippen LogP contribution in [0.3, 0.4) is 0 Å². The van der Waals surface area contributed by atoms with Gasteiger partial charge in [-0.1, -0.05) is 36.0 Å². The Labute approximate surface area is 167 Å². The number of aromatic nitrogens is 3. The van der Waals surface area contributed by atoms with Crippen LogP contribution in [0.25, 0.3) is 5.69 Å². The molecule has 0 aliphatic carbocycles. The third kappa shape index (κ3) is 4.09. The average molecular weight is 399 g/mol. The van der Waals surface area contributed by atoms with E-state index in [0.29, 0.717) is 0 Å². The Bertz CT molecular complexity index is 886. The molecule has 3 heterocycles. The smallest absolute Gasteiger partial charge is 0.235 e. The zero-order chi connectivity index (χ0) is 18.6. The number of nitrogens with zero attached hydrogens (tertiary/aromatic N) is 4. The highest BCUT2D eigenvalue weighted by Gasteiger charge is 2.26. The van der Waals surface area contributed by atoms with E-state index in [1.807, 2.05) is 30.0 Å². The number of thiophene rings is 1. The number of hydrogen-bond acceptors (Lipinski definition) is 5. The summed E-state index contributed by atoms with van der Waals surface area (Å²) >= 11 is 3.21. The summed E-state index contributed by atoms with van der Waals surface area (Å²) in [6, 6.07) is 14.3. The summed E-state index contributed by atoms with van der Waals surface area (Å²) < 4.78 is 2.08. The van der Waals surface area contributed by atoms with Crippen LogP contribution in [-0.4, -0.2) is 43.9 Å². The molecular formula is C20H22N4OS2. The molecule has 140 valence electrons. The van der Waals surface area contributed by atoms with Crippen molar-refractivity contribution in [1.29, 1.82) is 0 Å². The highest BCUT2D eigenvalue weighted by molar-refractivity contribution is 8.00. The monoisotopic (exact) mass is 398 g/mol. The first kappa shape index (κ1) is 18.3. The second kappa shape index (κ2) is 8.27. The number of rotatable bonds is 6. The van der Waals surface area contributed by atoms with Crippen molar-refractivity contribution in [2.24, 2.45) is 0 Å². The van der Waals surface area contributed by atoms with Crippen LogP contribution in [-0.2, 0) is 11.2 Å². The molecule has 0 radical (unpaired) electrons. The molecule has 1 aliphatic heterocycles. The first-order valence-corrected chi connectivity index (χ1v) is 11.0. The van der Waals surface area contributed by atoms with Gasteiger partial charge < -0.3 is 4.90 Å². The molecule has 1 aliphatic rings. The average Bonchev–Trinajstić information content (AvgIpc) is 3.45. The van der Waals surface area contributed by atoms with Crippen molar-refractivity contribution in [2.45, 2.75) is 36.6 Å². The van der Waals surface area contributed by atoms with Crippen molar-refractivity contribution in [3.63, 3.8) is 0 Å². The highest BCUT2D eigenvalue weighted by Crippen LogP contribution is 2.28. The summed E-state index contributed by atoms with van der Waals surface area (Å²) in [6.45, 7) is 3.71. The quantitative estimate of drug-likeness (QED) is 0.589. The number of carbonyl (C=O) groups is 1. The number of hydrogen-bond donors (Lipinski definition) is 0. The van der Waals surface area contributed by atoms with E-state index in [9.17, 15) is 4.79 Å². The summed E-state index contributed by atoms with van der Waals surface area (Å²) in [5.74, 6) is 1.09. The Balaban J connectivity index is 1.61. The molecule has 1 fully saturated rings. The van der Waals surface area contributed by atoms with E-state index in [2.05, 4.69) is 44.4 Å². The second-order valence-corrected chi connectivity index (χ2v) is 8.96. The molecule has 5 nitrogen and oxygen atoms in total. The van der Waals surface area contributed by atoms with Gasteiger partial charge >= 0.3 is 0 Å². The third-order valence-electron chi connectivity index (χ3n) is 4.67. The summed E-state index contributed by atoms with van der Waals surface area (Å²) in [7, 11) is 0. The van der Waals surface area contributed by atoms with Gasteiger partial charge in [-0.05, 0) is 43.3 Å². The van der Waals surface area contributed by atoms with Gasteiger partial charge in [0.2, 0.25) is 5.91 Å². The van der Waals surface area contributed by atoms with Gasteiger partial charge in [-0.2, -0.15) is 0 Å². The Morgan fingerprint density at radius 3 is 2.63 bits per heavy atom. The van der Waals surface area contributed by atoms with Crippen molar-refractivity contribution in [3.05, 3.63) is 58.5 Å². The maximum absolute atomic E-state index is 12.7. The molecular weight excluding hydrogens is 376 g/mol. The van der Waals surface area contributed by atoms with Crippen molar-refractivity contribution in [1.82, 2.24) is 19.7 Å². The normalized spacial score (nSPS) is 15.2. The molecule has 1 amide bonds. The lowest BCUT2D eigenvalue weighted by Gasteiger charge is -2.20. The van der Waals surface area contributed by atoms with E-state index in [1.54, 1.807) is 11.3 Å². The maximum atomic E-state index is 12.7. The molecule has 4 rings (SSSR count). The van der Waals surface area contributed by atoms with Gasteiger partial charge in [0.25, 0.3) is 0 Å². The zero-order valence-electron chi connectivity index (χ0n) is 15.2. The molecule has 0 saturated carbocycles. The second-order valence-electron chi connectivity index (χ2n) is 6.62. The van der Waals surface area contributed by atoms with Crippen LogP contribution >= 0.6 is 23.1 Å². The first-order valence-electron chi connectivity index (χ1n) is 9.20. The molecule has 2 aromatic heterocycles. The lowest BCUT2D eigenvalue weighted by atomic mass is 10.3. The fraction of sp³-hybridized carbons (Fsp3) is 0.350. The molecule has 1 unspecified atom stereocenters. The summed E-state index contributed by atoms with van der Waals surface area (Å²) in [5, 5.41) is 11.6. The van der Waals surface area contributed by atoms with Crippen LogP contribution in [0.5, 0.6) is 0 Å². The summed E-state index contributed by atoms with van der Waals surface area (Å²) in [4.78, 5) is 15.9. The fourth-order valence-corrected chi connectivity index (χ4v) is 4.97. The van der Waals surface area contributed by atoms with Crippen LogP contribution in [0.15, 0.2) is 53.0 Å². The van der Waals surface area contributed by atoms with Gasteiger partial charge in [0, 0.05) is 30.1 Å². The molecule has 1 atom stereocenters. The topological polar surface area (TPSA) is 51.0 Å². The number of benzene rings is 1. The van der Waals surface area contributed by atoms with Crippen LogP contribution in [0, 0.1) is 0 Å². The molecule has 0 spiro atoms. The Morgan fingerprint density at radius 2 is 1.93 bits per heavy atom. The Hall–Kier alpha value is -2.12. The largest absolute Gasteiger partial charge is 0.342 e. The molecule has 1 saturated heterocycles. The molecule has 1 aromatic carbocycles. The van der Waals surface area contributed by atoms with E-state index in [0.717, 1.165) is 49.0 Å². The number of thioether (sulfide) groups is 1. The maximum Gasteiger partial charge on any atom is 0.235 e. The Kier molecular flexibility index (Phi) is 5.59. The SMILES string of the molecule is CC(Sc1nnc(Cc2cccs2)n1-c1ccccc1)C(=O)N1CCCC1. The minimum atomic E-state index is -0.177. The van der Waals surface area contributed by atoms with Gasteiger partial charge in [0.15, 0.2) is 5.16 Å². The molecule has 7 heteroatoms. The summed E-state index contributed by atoms with van der Waals surface area (Å²) in [5.41, 5.74) is 1.03. The molecule has 3 aromatic rings. The van der Waals surface area contributed by atoms with Gasteiger partial charge in [0.1, 0.15) is 5.82 Å². The van der Waals surface area contributed by atoms with E-state index in [-0.39, 0.29) is 11.2 Å². The van der Waals surface area contributed by atoms with E-state index < -0.39 is 0 Å². The van der Waals surface area contributed by atoms with Crippen LogP contribution in [0.4, 0.5) is 0 Å². The number of para-hydroxylation sites is 1. The van der Waals surface area contributed by atoms with Crippen molar-refractivity contribution >= 4 is 29.0 Å². The van der Waals surface area contributed by atoms with Crippen LogP contribution in [0.1, 0.15) is 30.5 Å². The predicted octanol–water partition coefficient (Wildman–Crippen LogP) is 4.02. The van der Waals surface area contributed by atoms with Gasteiger partial charge in [-0.15, -0.1) is 21.5 Å². The van der Waals surface area contributed by atoms with Crippen molar-refractivity contribution in [3.8, 4) is 5.69 Å². The standard InChI is InChI=1S/C20H22N4OS2/c1-15(19(25)23-11-5-6-12-23)27-20-22-21-18(14-17-10-7-13-26-17)24(20)16-8-3-2-4-9-16/h2-4,7-10,13,15H,5-6,11-12,14H2,1H3. The minimum Gasteiger partial charge on any atom is -0.342 e. The lowest BCUT2D eigenvalue weighted by Crippen LogP contribution is -2.34. The predicted molar refractivity (Wildman–Crippen MR) is 110 cm³/mol. The first-order chi connectivity index (χ1) is 13.2. The Morgan fingerprint density at radius 1 is 1.15 bits per heavy atom. The van der Waals surface area contributed by atoms with Gasteiger partial charge in [-0.25, -0.2) is 0 Å². The highest BCUT2D eigenvalue weighted by atomic mass is 32.2. The molecule has 0 bridgehead atoms. The van der Waals surface area contributed by atoms with E-state index in [1.165, 1.54) is 16.6 Å². The number of carbonyl (C=O) groups excluding carboxylic acids is 1. The zero-order valence-corrected chi connectivity index (χ0v) is 16.9.